The van der Waals surface area contributed by atoms with Gasteiger partial charge in [0, 0.05) is 22.7 Å². The van der Waals surface area contributed by atoms with Gasteiger partial charge >= 0.3 is 5.97 Å². The molecular formula is C35H29ClO6. The molecular weight excluding hydrogens is 552 g/mol. The number of carbonyl (C=O) groups excluding carboxylic acids is 1. The summed E-state index contributed by atoms with van der Waals surface area (Å²) in [6.45, 7) is 6.74. The number of carbonyl (C=O) groups is 1. The third kappa shape index (κ3) is 7.09. The van der Waals surface area contributed by atoms with Gasteiger partial charge in [-0.2, -0.15) is 0 Å². The highest BCUT2D eigenvalue weighted by Crippen LogP contribution is 2.28. The molecule has 0 spiro atoms. The lowest BCUT2D eigenvalue weighted by molar-refractivity contribution is -0.128. The molecule has 0 saturated heterocycles. The van der Waals surface area contributed by atoms with E-state index >= 15 is 0 Å². The monoisotopic (exact) mass is 580 g/mol. The van der Waals surface area contributed by atoms with E-state index in [9.17, 15) is 9.59 Å². The number of hydrogen-bond acceptors (Lipinski definition) is 6. The Bertz CT molecular complexity index is 1800. The molecule has 212 valence electrons. The Kier molecular flexibility index (Phi) is 8.46. The number of ether oxygens (including phenoxy) is 3. The second-order valence-corrected chi connectivity index (χ2v) is 11.1. The van der Waals surface area contributed by atoms with Crippen LogP contribution in [0.3, 0.4) is 0 Å². The number of benzene rings is 4. The van der Waals surface area contributed by atoms with Gasteiger partial charge in [0.05, 0.1) is 5.39 Å². The molecule has 0 aliphatic heterocycles. The summed E-state index contributed by atoms with van der Waals surface area (Å²) in [7, 11) is 0. The van der Waals surface area contributed by atoms with E-state index in [1.807, 2.05) is 72.8 Å². The quantitative estimate of drug-likeness (QED) is 0.104. The molecule has 0 aliphatic carbocycles. The predicted octanol–water partition coefficient (Wildman–Crippen LogP) is 8.73. The zero-order valence-electron chi connectivity index (χ0n) is 23.4. The highest BCUT2D eigenvalue weighted by atomic mass is 35.5. The van der Waals surface area contributed by atoms with Crippen LogP contribution in [0.1, 0.15) is 37.5 Å². The van der Waals surface area contributed by atoms with Crippen molar-refractivity contribution in [1.82, 2.24) is 0 Å². The fourth-order valence-electron chi connectivity index (χ4n) is 4.14. The van der Waals surface area contributed by atoms with Crippen LogP contribution in [0.25, 0.3) is 17.0 Å². The van der Waals surface area contributed by atoms with Crippen molar-refractivity contribution in [3.63, 3.8) is 0 Å². The van der Waals surface area contributed by atoms with Gasteiger partial charge in [-0.25, -0.2) is 4.79 Å². The number of fused-ring (bicyclic) bond motifs is 1. The molecule has 0 N–H and O–H groups in total. The summed E-state index contributed by atoms with van der Waals surface area (Å²) in [5, 5.41) is 0.965. The molecule has 0 unspecified atom stereocenters. The first-order valence-electron chi connectivity index (χ1n) is 13.4. The van der Waals surface area contributed by atoms with Gasteiger partial charge in [0.2, 0.25) is 11.2 Å². The van der Waals surface area contributed by atoms with Crippen LogP contribution in [0.4, 0.5) is 0 Å². The first-order chi connectivity index (χ1) is 20.2. The summed E-state index contributed by atoms with van der Waals surface area (Å²) in [6, 6.07) is 27.0. The molecule has 0 bridgehead atoms. The highest BCUT2D eigenvalue weighted by molar-refractivity contribution is 6.31. The summed E-state index contributed by atoms with van der Waals surface area (Å²) in [5.74, 6) is 0.953. The molecule has 7 heteroatoms. The molecule has 4 aromatic carbocycles. The summed E-state index contributed by atoms with van der Waals surface area (Å²) < 4.78 is 22.6. The van der Waals surface area contributed by atoms with Crippen molar-refractivity contribution < 1.29 is 23.4 Å². The van der Waals surface area contributed by atoms with Gasteiger partial charge in [0.15, 0.2) is 0 Å². The van der Waals surface area contributed by atoms with E-state index in [-0.39, 0.29) is 27.9 Å². The maximum Gasteiger partial charge on any atom is 0.336 e. The molecule has 0 radical (unpaired) electrons. The molecule has 0 amide bonds. The van der Waals surface area contributed by atoms with Crippen LogP contribution in [0.15, 0.2) is 113 Å². The molecule has 1 heterocycles. The van der Waals surface area contributed by atoms with Gasteiger partial charge < -0.3 is 18.6 Å². The van der Waals surface area contributed by atoms with Crippen LogP contribution >= 0.6 is 11.6 Å². The van der Waals surface area contributed by atoms with Crippen LogP contribution in [0.5, 0.6) is 23.0 Å². The summed E-state index contributed by atoms with van der Waals surface area (Å²) >= 11 is 6.17. The van der Waals surface area contributed by atoms with Crippen LogP contribution in [-0.2, 0) is 16.8 Å². The van der Waals surface area contributed by atoms with Crippen molar-refractivity contribution >= 4 is 34.6 Å². The number of hydrogen-bond donors (Lipinski definition) is 0. The minimum absolute atomic E-state index is 0.0111. The SMILES string of the molecule is CC(C)(C)c1ccc(Oc2coc3cc(OC(=O)C=Cc4ccc(OCc5ccccc5Cl)cc4)ccc3c2=O)cc1. The van der Waals surface area contributed by atoms with Gasteiger partial charge in [-0.15, -0.1) is 0 Å². The van der Waals surface area contributed by atoms with Crippen LogP contribution < -0.4 is 19.6 Å². The molecule has 0 atom stereocenters. The number of esters is 1. The lowest BCUT2D eigenvalue weighted by atomic mass is 9.87. The first kappa shape index (κ1) is 28.7. The minimum atomic E-state index is -0.575. The Labute approximate surface area is 248 Å². The molecule has 1 aromatic heterocycles. The second-order valence-electron chi connectivity index (χ2n) is 10.7. The van der Waals surface area contributed by atoms with Crippen molar-refractivity contribution in [2.24, 2.45) is 0 Å². The standard InChI is InChI=1S/C35H29ClO6/c1-35(2,3)25-11-15-27(16-12-25)41-32-22-40-31-20-28(17-18-29(31)34(32)38)42-33(37)19-10-23-8-13-26(14-9-23)39-21-24-6-4-5-7-30(24)36/h4-20,22H,21H2,1-3H3. The number of halogens is 1. The Morgan fingerprint density at radius 3 is 2.29 bits per heavy atom. The molecule has 5 rings (SSSR count). The van der Waals surface area contributed by atoms with Crippen LogP contribution in [0.2, 0.25) is 5.02 Å². The Morgan fingerprint density at radius 1 is 0.881 bits per heavy atom. The Hall–Kier alpha value is -4.81. The van der Waals surface area contributed by atoms with E-state index in [2.05, 4.69) is 20.8 Å². The maximum atomic E-state index is 13.0. The molecule has 0 fully saturated rings. The molecule has 6 nitrogen and oxygen atoms in total. The van der Waals surface area contributed by atoms with Crippen LogP contribution in [0, 0.1) is 0 Å². The topological polar surface area (TPSA) is 75.0 Å². The molecule has 5 aromatic rings. The normalized spacial score (nSPS) is 11.5. The van der Waals surface area contributed by atoms with E-state index in [0.29, 0.717) is 28.5 Å². The lowest BCUT2D eigenvalue weighted by Crippen LogP contribution is -2.10. The van der Waals surface area contributed by atoms with Crippen molar-refractivity contribution in [2.75, 3.05) is 0 Å². The van der Waals surface area contributed by atoms with E-state index in [1.165, 1.54) is 24.5 Å². The Balaban J connectivity index is 1.19. The number of rotatable bonds is 8. The summed E-state index contributed by atoms with van der Waals surface area (Å²) in [6.07, 6.45) is 4.22. The van der Waals surface area contributed by atoms with E-state index in [0.717, 1.165) is 16.7 Å². The second kappa shape index (κ2) is 12.4. The zero-order chi connectivity index (χ0) is 29.7. The van der Waals surface area contributed by atoms with Gasteiger partial charge in [-0.1, -0.05) is 74.8 Å². The average Bonchev–Trinajstić information content (AvgIpc) is 2.97. The fourth-order valence-corrected chi connectivity index (χ4v) is 4.33. The lowest BCUT2D eigenvalue weighted by Gasteiger charge is -2.19. The van der Waals surface area contributed by atoms with Crippen molar-refractivity contribution in [3.8, 4) is 23.0 Å². The largest absolute Gasteiger partial charge is 0.489 e. The summed E-state index contributed by atoms with van der Waals surface area (Å²) in [4.78, 5) is 25.4. The van der Waals surface area contributed by atoms with Crippen molar-refractivity contribution in [3.05, 3.63) is 135 Å². The predicted molar refractivity (Wildman–Crippen MR) is 165 cm³/mol. The van der Waals surface area contributed by atoms with Gasteiger partial charge in [0.1, 0.15) is 35.7 Å². The van der Waals surface area contributed by atoms with Crippen molar-refractivity contribution in [2.45, 2.75) is 32.8 Å². The zero-order valence-corrected chi connectivity index (χ0v) is 24.2. The fraction of sp³-hybridized carbons (Fsp3) is 0.143. The smallest absolute Gasteiger partial charge is 0.336 e. The molecule has 42 heavy (non-hydrogen) atoms. The van der Waals surface area contributed by atoms with Gasteiger partial charge in [0.25, 0.3) is 0 Å². The average molecular weight is 581 g/mol. The highest BCUT2D eigenvalue weighted by Gasteiger charge is 2.15. The summed E-state index contributed by atoms with van der Waals surface area (Å²) in [5.41, 5.74) is 2.81. The minimum Gasteiger partial charge on any atom is -0.489 e. The third-order valence-electron chi connectivity index (χ3n) is 6.53. The van der Waals surface area contributed by atoms with Crippen LogP contribution in [-0.4, -0.2) is 5.97 Å². The van der Waals surface area contributed by atoms with Gasteiger partial charge in [-0.3, -0.25) is 4.79 Å². The Morgan fingerprint density at radius 2 is 1.57 bits per heavy atom. The molecule has 0 saturated carbocycles. The third-order valence-corrected chi connectivity index (χ3v) is 6.89. The maximum absolute atomic E-state index is 13.0. The first-order valence-corrected chi connectivity index (χ1v) is 13.7. The van der Waals surface area contributed by atoms with E-state index in [4.69, 9.17) is 30.2 Å². The van der Waals surface area contributed by atoms with E-state index < -0.39 is 5.97 Å². The van der Waals surface area contributed by atoms with Gasteiger partial charge in [-0.05, 0) is 65.1 Å². The van der Waals surface area contributed by atoms with Crippen molar-refractivity contribution in [1.29, 1.82) is 0 Å². The molecule has 0 aliphatic rings. The van der Waals surface area contributed by atoms with E-state index in [1.54, 1.807) is 12.1 Å².